The van der Waals surface area contributed by atoms with Gasteiger partial charge in [-0.2, -0.15) is 0 Å². The Hall–Kier alpha value is -1.10. The first-order chi connectivity index (χ1) is 9.36. The molecular formula is C15H21NO3. The highest BCUT2D eigenvalue weighted by atomic mass is 16.5. The number of aliphatic hydroxyl groups excluding tert-OH is 1. The van der Waals surface area contributed by atoms with Crippen molar-refractivity contribution in [2.45, 2.75) is 31.4 Å². The molecule has 4 nitrogen and oxygen atoms in total. The zero-order valence-corrected chi connectivity index (χ0v) is 11.1. The van der Waals surface area contributed by atoms with Gasteiger partial charge in [-0.1, -0.05) is 12.1 Å². The Balaban J connectivity index is 1.64. The Kier molecular flexibility index (Phi) is 4.01. The largest absolute Gasteiger partial charge is 0.493 e. The van der Waals surface area contributed by atoms with Crippen molar-refractivity contribution in [2.24, 2.45) is 0 Å². The highest BCUT2D eigenvalue weighted by Gasteiger charge is 2.19. The molecule has 1 aromatic rings. The molecule has 0 bridgehead atoms. The van der Waals surface area contributed by atoms with Crippen molar-refractivity contribution in [2.75, 3.05) is 26.4 Å². The van der Waals surface area contributed by atoms with E-state index in [0.717, 1.165) is 50.3 Å². The van der Waals surface area contributed by atoms with Crippen LogP contribution in [0.1, 0.15) is 30.0 Å². The van der Waals surface area contributed by atoms with Crippen molar-refractivity contribution in [3.05, 3.63) is 29.3 Å². The Bertz CT molecular complexity index is 429. The topological polar surface area (TPSA) is 50.7 Å². The summed E-state index contributed by atoms with van der Waals surface area (Å²) in [5.41, 5.74) is 2.37. The van der Waals surface area contributed by atoms with Gasteiger partial charge in [0.1, 0.15) is 5.75 Å². The molecule has 2 atom stereocenters. The summed E-state index contributed by atoms with van der Waals surface area (Å²) in [5.74, 6) is 0.986. The molecule has 0 aliphatic carbocycles. The molecular weight excluding hydrogens is 242 g/mol. The van der Waals surface area contributed by atoms with Gasteiger partial charge < -0.3 is 19.9 Å². The molecule has 2 aliphatic heterocycles. The molecule has 1 fully saturated rings. The van der Waals surface area contributed by atoms with E-state index in [9.17, 15) is 5.11 Å². The molecule has 0 aromatic heterocycles. The lowest BCUT2D eigenvalue weighted by Crippen LogP contribution is -2.32. The summed E-state index contributed by atoms with van der Waals surface area (Å²) in [7, 11) is 0. The third-order valence-corrected chi connectivity index (χ3v) is 3.91. The summed E-state index contributed by atoms with van der Waals surface area (Å²) in [6, 6.07) is 6.17. The van der Waals surface area contributed by atoms with Crippen LogP contribution in [0.15, 0.2) is 18.2 Å². The molecule has 0 spiro atoms. The highest BCUT2D eigenvalue weighted by molar-refractivity contribution is 5.40. The van der Waals surface area contributed by atoms with Crippen molar-refractivity contribution in [3.63, 3.8) is 0 Å². The van der Waals surface area contributed by atoms with Gasteiger partial charge >= 0.3 is 0 Å². The Morgan fingerprint density at radius 3 is 3.11 bits per heavy atom. The van der Waals surface area contributed by atoms with Crippen LogP contribution in [0, 0.1) is 0 Å². The van der Waals surface area contributed by atoms with Crippen LogP contribution in [-0.4, -0.2) is 37.6 Å². The van der Waals surface area contributed by atoms with Crippen molar-refractivity contribution < 1.29 is 14.6 Å². The zero-order chi connectivity index (χ0) is 13.1. The smallest absolute Gasteiger partial charge is 0.122 e. The van der Waals surface area contributed by atoms with Crippen LogP contribution in [0.25, 0.3) is 0 Å². The lowest BCUT2D eigenvalue weighted by Gasteiger charge is -2.19. The number of hydrogen-bond acceptors (Lipinski definition) is 4. The van der Waals surface area contributed by atoms with Crippen molar-refractivity contribution in [1.82, 2.24) is 5.32 Å². The van der Waals surface area contributed by atoms with Crippen molar-refractivity contribution in [3.8, 4) is 5.75 Å². The van der Waals surface area contributed by atoms with Crippen LogP contribution in [-0.2, 0) is 11.2 Å². The molecule has 1 aromatic carbocycles. The number of ether oxygens (including phenoxy) is 2. The van der Waals surface area contributed by atoms with Crippen LogP contribution in [0.3, 0.4) is 0 Å². The number of fused-ring (bicyclic) bond motifs is 1. The number of rotatable bonds is 5. The summed E-state index contributed by atoms with van der Waals surface area (Å²) in [5, 5.41) is 13.0. The Labute approximate surface area is 113 Å². The molecule has 2 aliphatic rings. The zero-order valence-electron chi connectivity index (χ0n) is 11.1. The highest BCUT2D eigenvalue weighted by Crippen LogP contribution is 2.28. The summed E-state index contributed by atoms with van der Waals surface area (Å²) < 4.78 is 11.1. The van der Waals surface area contributed by atoms with Crippen LogP contribution < -0.4 is 10.1 Å². The normalized spacial score (nSPS) is 23.1. The first-order valence-corrected chi connectivity index (χ1v) is 7.08. The molecule has 104 valence electrons. The maximum Gasteiger partial charge on any atom is 0.122 e. The Morgan fingerprint density at radius 1 is 1.37 bits per heavy atom. The van der Waals surface area contributed by atoms with Gasteiger partial charge in [-0.25, -0.2) is 0 Å². The van der Waals surface area contributed by atoms with Gasteiger partial charge in [0.05, 0.1) is 25.4 Å². The van der Waals surface area contributed by atoms with Crippen LogP contribution in [0.4, 0.5) is 0 Å². The number of hydrogen-bond donors (Lipinski definition) is 2. The monoisotopic (exact) mass is 263 g/mol. The van der Waals surface area contributed by atoms with E-state index in [-0.39, 0.29) is 12.6 Å². The van der Waals surface area contributed by atoms with Gasteiger partial charge in [-0.15, -0.1) is 0 Å². The van der Waals surface area contributed by atoms with Gasteiger partial charge in [-0.3, -0.25) is 0 Å². The average Bonchev–Trinajstić information content (AvgIpc) is 3.09. The molecule has 0 amide bonds. The predicted octanol–water partition coefficient (Wildman–Crippen LogP) is 1.42. The maximum absolute atomic E-state index is 9.57. The lowest BCUT2D eigenvalue weighted by molar-refractivity contribution is 0.104. The molecule has 3 rings (SSSR count). The van der Waals surface area contributed by atoms with Crippen LogP contribution in [0.2, 0.25) is 0 Å². The minimum atomic E-state index is -0.0184. The van der Waals surface area contributed by atoms with Crippen molar-refractivity contribution in [1.29, 1.82) is 0 Å². The van der Waals surface area contributed by atoms with E-state index in [2.05, 4.69) is 11.4 Å². The standard InChI is InChI=1S/C15H21NO3/c17-10-14(16-9-13-2-1-6-18-13)11-3-4-15-12(8-11)5-7-19-15/h3-4,8,13-14,16-17H,1-2,5-7,9-10H2. The molecule has 0 saturated carbocycles. The van der Waals surface area contributed by atoms with E-state index in [1.165, 1.54) is 5.56 Å². The van der Waals surface area contributed by atoms with Gasteiger partial charge in [0.2, 0.25) is 0 Å². The summed E-state index contributed by atoms with van der Waals surface area (Å²) in [4.78, 5) is 0. The fourth-order valence-electron chi connectivity index (χ4n) is 2.79. The molecule has 2 N–H and O–H groups in total. The Morgan fingerprint density at radius 2 is 2.32 bits per heavy atom. The summed E-state index contributed by atoms with van der Waals surface area (Å²) in [6.45, 7) is 2.55. The molecule has 19 heavy (non-hydrogen) atoms. The second-order valence-electron chi connectivity index (χ2n) is 5.24. The maximum atomic E-state index is 9.57. The third-order valence-electron chi connectivity index (χ3n) is 3.91. The molecule has 4 heteroatoms. The molecule has 1 saturated heterocycles. The second kappa shape index (κ2) is 5.90. The van der Waals surface area contributed by atoms with Crippen LogP contribution in [0.5, 0.6) is 5.75 Å². The van der Waals surface area contributed by atoms with E-state index < -0.39 is 0 Å². The first kappa shape index (κ1) is 12.9. The van der Waals surface area contributed by atoms with Gasteiger partial charge in [0.25, 0.3) is 0 Å². The van der Waals surface area contributed by atoms with E-state index in [0.29, 0.717) is 6.10 Å². The molecule has 0 radical (unpaired) electrons. The summed E-state index contributed by atoms with van der Waals surface area (Å²) in [6.07, 6.45) is 3.52. The number of benzene rings is 1. The van der Waals surface area contributed by atoms with Crippen LogP contribution >= 0.6 is 0 Å². The fraction of sp³-hybridized carbons (Fsp3) is 0.600. The van der Waals surface area contributed by atoms with E-state index in [1.807, 2.05) is 12.1 Å². The minimum absolute atomic E-state index is 0.0184. The number of aliphatic hydroxyl groups is 1. The lowest BCUT2D eigenvalue weighted by atomic mass is 10.0. The first-order valence-electron chi connectivity index (χ1n) is 7.08. The van der Waals surface area contributed by atoms with E-state index in [1.54, 1.807) is 0 Å². The SMILES string of the molecule is OCC(NCC1CCCO1)c1ccc2c(c1)CCO2. The third kappa shape index (κ3) is 2.91. The average molecular weight is 263 g/mol. The summed E-state index contributed by atoms with van der Waals surface area (Å²) >= 11 is 0. The van der Waals surface area contributed by atoms with E-state index >= 15 is 0 Å². The predicted molar refractivity (Wildman–Crippen MR) is 72.4 cm³/mol. The second-order valence-corrected chi connectivity index (χ2v) is 5.24. The van der Waals surface area contributed by atoms with Gasteiger partial charge in [-0.05, 0) is 30.0 Å². The van der Waals surface area contributed by atoms with Gasteiger partial charge in [0.15, 0.2) is 0 Å². The molecule has 2 heterocycles. The van der Waals surface area contributed by atoms with Crippen molar-refractivity contribution >= 4 is 0 Å². The molecule has 2 unspecified atom stereocenters. The fourth-order valence-corrected chi connectivity index (χ4v) is 2.79. The number of nitrogens with one attached hydrogen (secondary N) is 1. The quantitative estimate of drug-likeness (QED) is 0.843. The minimum Gasteiger partial charge on any atom is -0.493 e. The van der Waals surface area contributed by atoms with E-state index in [4.69, 9.17) is 9.47 Å². The van der Waals surface area contributed by atoms with Gasteiger partial charge in [0, 0.05) is 19.6 Å².